The van der Waals surface area contributed by atoms with E-state index in [0.717, 1.165) is 27.3 Å². The van der Waals surface area contributed by atoms with Gasteiger partial charge in [-0.15, -0.1) is 11.3 Å². The molecular formula is C24H22N2O3S. The summed E-state index contributed by atoms with van der Waals surface area (Å²) in [6.07, 6.45) is 0. The van der Waals surface area contributed by atoms with Gasteiger partial charge in [-0.3, -0.25) is 14.5 Å². The lowest BCUT2D eigenvalue weighted by molar-refractivity contribution is -0.137. The number of para-hydroxylation sites is 1. The summed E-state index contributed by atoms with van der Waals surface area (Å²) in [6, 6.07) is 17.1. The van der Waals surface area contributed by atoms with Gasteiger partial charge in [0, 0.05) is 16.1 Å². The number of aryl methyl sites for hydroxylation is 2. The third kappa shape index (κ3) is 3.74. The Balaban J connectivity index is 1.73. The number of ether oxygens (including phenoxy) is 1. The molecule has 0 saturated carbocycles. The van der Waals surface area contributed by atoms with Gasteiger partial charge in [0.15, 0.2) is 0 Å². The van der Waals surface area contributed by atoms with Crippen LogP contribution in [0, 0.1) is 13.8 Å². The van der Waals surface area contributed by atoms with Crippen molar-refractivity contribution in [3.8, 4) is 5.75 Å². The zero-order valence-corrected chi connectivity index (χ0v) is 17.9. The Hall–Kier alpha value is -3.38. The van der Waals surface area contributed by atoms with Gasteiger partial charge < -0.3 is 10.1 Å². The number of amides is 2. The van der Waals surface area contributed by atoms with E-state index in [-0.39, 0.29) is 18.4 Å². The van der Waals surface area contributed by atoms with Gasteiger partial charge in [0.25, 0.3) is 11.8 Å². The number of methoxy groups -OCH3 is 1. The highest BCUT2D eigenvalue weighted by atomic mass is 32.1. The molecule has 0 radical (unpaired) electrons. The summed E-state index contributed by atoms with van der Waals surface area (Å²) in [4.78, 5) is 28.7. The van der Waals surface area contributed by atoms with E-state index in [9.17, 15) is 9.59 Å². The van der Waals surface area contributed by atoms with Crippen LogP contribution in [0.15, 0.2) is 65.7 Å². The third-order valence-electron chi connectivity index (χ3n) is 4.95. The van der Waals surface area contributed by atoms with E-state index in [2.05, 4.69) is 11.4 Å². The fourth-order valence-electron chi connectivity index (χ4n) is 3.68. The molecule has 1 aromatic heterocycles. The largest absolute Gasteiger partial charge is 0.496 e. The molecule has 0 atom stereocenters. The van der Waals surface area contributed by atoms with Crippen LogP contribution in [0.4, 0.5) is 5.69 Å². The van der Waals surface area contributed by atoms with E-state index in [1.807, 2.05) is 67.8 Å². The number of thiophene rings is 1. The molecular weight excluding hydrogens is 396 g/mol. The number of nitrogens with zero attached hydrogens (tertiary/aromatic N) is 1. The molecule has 5 nitrogen and oxygen atoms in total. The van der Waals surface area contributed by atoms with Crippen LogP contribution in [-0.4, -0.2) is 23.8 Å². The predicted octanol–water partition coefficient (Wildman–Crippen LogP) is 4.77. The van der Waals surface area contributed by atoms with Crippen molar-refractivity contribution in [2.75, 3.05) is 12.4 Å². The minimum atomic E-state index is -0.339. The zero-order chi connectivity index (χ0) is 21.3. The van der Waals surface area contributed by atoms with Crippen LogP contribution in [0.5, 0.6) is 5.75 Å². The molecule has 0 fully saturated rings. The number of hydrogen-bond acceptors (Lipinski definition) is 5. The molecule has 2 heterocycles. The Morgan fingerprint density at radius 1 is 0.967 bits per heavy atom. The van der Waals surface area contributed by atoms with Gasteiger partial charge in [0.2, 0.25) is 0 Å². The third-order valence-corrected chi connectivity index (χ3v) is 5.83. The molecule has 1 aliphatic heterocycles. The Bertz CT molecular complexity index is 1130. The Morgan fingerprint density at radius 3 is 2.37 bits per heavy atom. The molecule has 152 valence electrons. The number of imide groups is 1. The minimum absolute atomic E-state index is 0.147. The van der Waals surface area contributed by atoms with Gasteiger partial charge >= 0.3 is 0 Å². The van der Waals surface area contributed by atoms with Crippen LogP contribution in [0.25, 0.3) is 5.57 Å². The maximum absolute atomic E-state index is 13.3. The van der Waals surface area contributed by atoms with Gasteiger partial charge in [-0.25, -0.2) is 0 Å². The first-order chi connectivity index (χ1) is 14.5. The number of benzene rings is 2. The monoisotopic (exact) mass is 418 g/mol. The zero-order valence-electron chi connectivity index (χ0n) is 17.1. The van der Waals surface area contributed by atoms with E-state index in [1.54, 1.807) is 7.11 Å². The van der Waals surface area contributed by atoms with Gasteiger partial charge in [0.1, 0.15) is 11.4 Å². The molecule has 0 saturated heterocycles. The fraction of sp³-hybridized carbons (Fsp3) is 0.167. The summed E-state index contributed by atoms with van der Waals surface area (Å²) < 4.78 is 5.40. The molecule has 2 amide bonds. The van der Waals surface area contributed by atoms with Gasteiger partial charge in [-0.05, 0) is 54.6 Å². The van der Waals surface area contributed by atoms with E-state index in [1.165, 1.54) is 16.2 Å². The summed E-state index contributed by atoms with van der Waals surface area (Å²) in [5.74, 6) is 0.000174. The van der Waals surface area contributed by atoms with E-state index < -0.39 is 0 Å². The highest BCUT2D eigenvalue weighted by Crippen LogP contribution is 2.34. The van der Waals surface area contributed by atoms with Crippen molar-refractivity contribution in [2.45, 2.75) is 20.4 Å². The molecule has 30 heavy (non-hydrogen) atoms. The number of rotatable bonds is 6. The average molecular weight is 419 g/mol. The maximum atomic E-state index is 13.3. The minimum Gasteiger partial charge on any atom is -0.496 e. The van der Waals surface area contributed by atoms with Crippen LogP contribution in [-0.2, 0) is 16.1 Å². The lowest BCUT2D eigenvalue weighted by Crippen LogP contribution is -2.32. The van der Waals surface area contributed by atoms with Crippen molar-refractivity contribution in [1.82, 2.24) is 4.90 Å². The van der Waals surface area contributed by atoms with Crippen LogP contribution in [0.2, 0.25) is 0 Å². The first kappa shape index (κ1) is 19.9. The fourth-order valence-corrected chi connectivity index (χ4v) is 4.45. The lowest BCUT2D eigenvalue weighted by Gasteiger charge is -2.17. The molecule has 3 aromatic rings. The van der Waals surface area contributed by atoms with Crippen LogP contribution in [0.3, 0.4) is 0 Å². The molecule has 0 unspecified atom stereocenters. The maximum Gasteiger partial charge on any atom is 0.278 e. The molecule has 0 aliphatic carbocycles. The van der Waals surface area contributed by atoms with E-state index in [4.69, 9.17) is 4.74 Å². The van der Waals surface area contributed by atoms with Gasteiger partial charge in [0.05, 0.1) is 19.2 Å². The van der Waals surface area contributed by atoms with Crippen LogP contribution >= 0.6 is 11.3 Å². The summed E-state index contributed by atoms with van der Waals surface area (Å²) in [7, 11) is 1.58. The van der Waals surface area contributed by atoms with Gasteiger partial charge in [-0.1, -0.05) is 30.3 Å². The quantitative estimate of drug-likeness (QED) is 0.586. The predicted molar refractivity (Wildman–Crippen MR) is 119 cm³/mol. The second kappa shape index (κ2) is 8.16. The molecule has 0 bridgehead atoms. The summed E-state index contributed by atoms with van der Waals surface area (Å²) in [5.41, 5.74) is 4.44. The molecule has 1 N–H and O–H groups in total. The molecule has 1 aliphatic rings. The Kier molecular flexibility index (Phi) is 5.42. The summed E-state index contributed by atoms with van der Waals surface area (Å²) >= 11 is 1.44. The Labute approximate surface area is 179 Å². The highest BCUT2D eigenvalue weighted by molar-refractivity contribution is 7.11. The summed E-state index contributed by atoms with van der Waals surface area (Å²) in [6.45, 7) is 4.15. The second-order valence-electron chi connectivity index (χ2n) is 7.24. The summed E-state index contributed by atoms with van der Waals surface area (Å²) in [5, 5.41) is 5.13. The number of carbonyl (C=O) groups is 2. The number of hydrogen-bond donors (Lipinski definition) is 1. The first-order valence-electron chi connectivity index (χ1n) is 9.59. The van der Waals surface area contributed by atoms with Gasteiger partial charge in [-0.2, -0.15) is 0 Å². The average Bonchev–Trinajstić information content (AvgIpc) is 3.31. The van der Waals surface area contributed by atoms with Crippen molar-refractivity contribution in [3.63, 3.8) is 0 Å². The van der Waals surface area contributed by atoms with Crippen molar-refractivity contribution in [3.05, 3.63) is 87.2 Å². The lowest BCUT2D eigenvalue weighted by atomic mass is 10.1. The number of anilines is 1. The van der Waals surface area contributed by atoms with Crippen molar-refractivity contribution in [1.29, 1.82) is 0 Å². The highest BCUT2D eigenvalue weighted by Gasteiger charge is 2.40. The van der Waals surface area contributed by atoms with Crippen molar-refractivity contribution >= 4 is 34.4 Å². The normalized spacial score (nSPS) is 13.9. The topological polar surface area (TPSA) is 58.6 Å². The molecule has 6 heteroatoms. The van der Waals surface area contributed by atoms with E-state index in [0.29, 0.717) is 17.0 Å². The Morgan fingerprint density at radius 2 is 1.70 bits per heavy atom. The number of carbonyl (C=O) groups excluding carboxylic acids is 2. The molecule has 2 aromatic carbocycles. The number of nitrogens with one attached hydrogen (secondary N) is 1. The van der Waals surface area contributed by atoms with Crippen molar-refractivity contribution in [2.24, 2.45) is 0 Å². The van der Waals surface area contributed by atoms with E-state index >= 15 is 0 Å². The standard InChI is InChI=1S/C24H22N2O3S/c1-15-11-16(2)13-18(12-15)25-22-21(20-9-6-10-30-20)23(27)26(24(22)28)14-17-7-4-5-8-19(17)29-3/h4-13,25H,14H2,1-3H3. The van der Waals surface area contributed by atoms with Crippen molar-refractivity contribution < 1.29 is 14.3 Å². The molecule has 4 rings (SSSR count). The molecule has 0 spiro atoms. The van der Waals surface area contributed by atoms with Crippen LogP contribution in [0.1, 0.15) is 21.6 Å². The first-order valence-corrected chi connectivity index (χ1v) is 10.5. The van der Waals surface area contributed by atoms with Crippen LogP contribution < -0.4 is 10.1 Å². The smallest absolute Gasteiger partial charge is 0.278 e. The SMILES string of the molecule is COc1ccccc1CN1C(=O)C(Nc2cc(C)cc(C)c2)=C(c2cccs2)C1=O. The second-order valence-corrected chi connectivity index (χ2v) is 8.18.